The Kier molecular flexibility index (Phi) is 5.64. The molecule has 0 spiro atoms. The Labute approximate surface area is 197 Å². The van der Waals surface area contributed by atoms with Crippen LogP contribution < -0.4 is 15.2 Å². The molecule has 0 saturated carbocycles. The third kappa shape index (κ3) is 3.83. The van der Waals surface area contributed by atoms with Crippen molar-refractivity contribution in [2.24, 2.45) is 14.1 Å². The van der Waals surface area contributed by atoms with Gasteiger partial charge in [0.15, 0.2) is 0 Å². The summed E-state index contributed by atoms with van der Waals surface area (Å²) in [6.45, 7) is 0.320. The molecule has 0 amide bonds. The van der Waals surface area contributed by atoms with Gasteiger partial charge < -0.3 is 9.47 Å². The van der Waals surface area contributed by atoms with Gasteiger partial charge >= 0.3 is 5.69 Å². The van der Waals surface area contributed by atoms with Crippen molar-refractivity contribution in [2.75, 3.05) is 7.11 Å². The lowest BCUT2D eigenvalue weighted by molar-refractivity contribution is 0.303. The summed E-state index contributed by atoms with van der Waals surface area (Å²) in [5, 5.41) is 1.09. The van der Waals surface area contributed by atoms with E-state index in [0.29, 0.717) is 12.4 Å². The molecular formula is C28H25N3O3. The van der Waals surface area contributed by atoms with Crippen molar-refractivity contribution in [3.63, 3.8) is 0 Å². The minimum atomic E-state index is -0.105. The van der Waals surface area contributed by atoms with Crippen LogP contribution in [0.1, 0.15) is 5.69 Å². The van der Waals surface area contributed by atoms with Gasteiger partial charge in [0, 0.05) is 30.6 Å². The first kappa shape index (κ1) is 21.5. The predicted molar refractivity (Wildman–Crippen MR) is 134 cm³/mol. The van der Waals surface area contributed by atoms with Gasteiger partial charge in [0.1, 0.15) is 18.1 Å². The van der Waals surface area contributed by atoms with E-state index in [2.05, 4.69) is 6.07 Å². The number of fused-ring (bicyclic) bond motifs is 1. The largest absolute Gasteiger partial charge is 0.497 e. The number of rotatable bonds is 6. The summed E-state index contributed by atoms with van der Waals surface area (Å²) >= 11 is 0. The van der Waals surface area contributed by atoms with Crippen LogP contribution in [-0.2, 0) is 20.7 Å². The molecule has 0 fully saturated rings. The van der Waals surface area contributed by atoms with Crippen molar-refractivity contribution in [1.29, 1.82) is 0 Å². The summed E-state index contributed by atoms with van der Waals surface area (Å²) in [6.07, 6.45) is 0. The van der Waals surface area contributed by atoms with E-state index in [9.17, 15) is 4.79 Å². The van der Waals surface area contributed by atoms with Crippen LogP contribution in [-0.4, -0.2) is 21.2 Å². The number of hydrogen-bond donors (Lipinski definition) is 0. The molecule has 0 aliphatic rings. The molecule has 0 N–H and O–H groups in total. The first-order valence-corrected chi connectivity index (χ1v) is 11.0. The van der Waals surface area contributed by atoms with Crippen LogP contribution in [0.5, 0.6) is 11.5 Å². The molecule has 0 bridgehead atoms. The van der Waals surface area contributed by atoms with E-state index in [1.807, 2.05) is 78.9 Å². The molecule has 2 heterocycles. The van der Waals surface area contributed by atoms with Crippen molar-refractivity contribution in [2.45, 2.75) is 6.61 Å². The molecule has 0 unspecified atom stereocenters. The van der Waals surface area contributed by atoms with Gasteiger partial charge in [0.05, 0.1) is 29.7 Å². The third-order valence-electron chi connectivity index (χ3n) is 6.01. The maximum absolute atomic E-state index is 12.9. The molecule has 0 aliphatic carbocycles. The number of pyridine rings is 1. The fourth-order valence-corrected chi connectivity index (χ4v) is 4.25. The third-order valence-corrected chi connectivity index (χ3v) is 6.01. The highest BCUT2D eigenvalue weighted by Gasteiger charge is 2.21. The second-order valence-corrected chi connectivity index (χ2v) is 8.11. The zero-order chi connectivity index (χ0) is 23.7. The monoisotopic (exact) mass is 451 g/mol. The first-order valence-electron chi connectivity index (χ1n) is 11.0. The number of imidazole rings is 1. The van der Waals surface area contributed by atoms with Gasteiger partial charge in [-0.3, -0.25) is 9.13 Å². The zero-order valence-electron chi connectivity index (χ0n) is 19.4. The normalized spacial score (nSPS) is 11.0. The van der Waals surface area contributed by atoms with E-state index in [4.69, 9.17) is 14.5 Å². The maximum Gasteiger partial charge on any atom is 0.328 e. The fourth-order valence-electron chi connectivity index (χ4n) is 4.25. The molecule has 34 heavy (non-hydrogen) atoms. The molecule has 6 heteroatoms. The second-order valence-electron chi connectivity index (χ2n) is 8.11. The second kappa shape index (κ2) is 8.90. The number of nitrogens with zero attached hydrogens (tertiary/aromatic N) is 3. The zero-order valence-corrected chi connectivity index (χ0v) is 19.4. The molecule has 5 aromatic rings. The Morgan fingerprint density at radius 1 is 0.794 bits per heavy atom. The van der Waals surface area contributed by atoms with Gasteiger partial charge in [-0.25, -0.2) is 9.78 Å². The summed E-state index contributed by atoms with van der Waals surface area (Å²) in [4.78, 5) is 17.7. The summed E-state index contributed by atoms with van der Waals surface area (Å²) in [6, 6.07) is 27.5. The van der Waals surface area contributed by atoms with Crippen molar-refractivity contribution < 1.29 is 9.47 Å². The van der Waals surface area contributed by atoms with Crippen LogP contribution in [0.25, 0.3) is 33.4 Å². The van der Waals surface area contributed by atoms with Crippen molar-refractivity contribution in [3.8, 4) is 34.0 Å². The Morgan fingerprint density at radius 2 is 1.50 bits per heavy atom. The highest BCUT2D eigenvalue weighted by Crippen LogP contribution is 2.37. The number of benzene rings is 3. The smallest absolute Gasteiger partial charge is 0.328 e. The predicted octanol–water partition coefficient (Wildman–Crippen LogP) is 5.19. The molecule has 5 rings (SSSR count). The Bertz CT molecular complexity index is 1530. The minimum Gasteiger partial charge on any atom is -0.497 e. The molecule has 6 nitrogen and oxygen atoms in total. The lowest BCUT2D eigenvalue weighted by Gasteiger charge is -2.14. The molecular weight excluding hydrogens is 426 g/mol. The highest BCUT2D eigenvalue weighted by molar-refractivity contribution is 5.82. The van der Waals surface area contributed by atoms with Crippen LogP contribution in [0.4, 0.5) is 0 Å². The fraction of sp³-hybridized carbons (Fsp3) is 0.143. The molecule has 170 valence electrons. The lowest BCUT2D eigenvalue weighted by atomic mass is 10.0. The average molecular weight is 452 g/mol. The van der Waals surface area contributed by atoms with Gasteiger partial charge in [-0.05, 0) is 48.5 Å². The van der Waals surface area contributed by atoms with Crippen molar-refractivity contribution >= 4 is 10.9 Å². The van der Waals surface area contributed by atoms with Crippen molar-refractivity contribution in [1.82, 2.24) is 14.1 Å². The van der Waals surface area contributed by atoms with E-state index in [-0.39, 0.29) is 5.69 Å². The van der Waals surface area contributed by atoms with Gasteiger partial charge in [0.2, 0.25) is 0 Å². The molecule has 0 aliphatic heterocycles. The first-order chi connectivity index (χ1) is 16.6. The number of ether oxygens (including phenoxy) is 2. The summed E-state index contributed by atoms with van der Waals surface area (Å²) in [5.41, 5.74) is 5.04. The summed E-state index contributed by atoms with van der Waals surface area (Å²) < 4.78 is 14.9. The Balaban J connectivity index is 1.55. The molecule has 0 atom stereocenters. The van der Waals surface area contributed by atoms with Crippen LogP contribution in [0.15, 0.2) is 89.7 Å². The number of aromatic nitrogens is 3. The number of methoxy groups -OCH3 is 1. The Morgan fingerprint density at radius 3 is 2.29 bits per heavy atom. The highest BCUT2D eigenvalue weighted by atomic mass is 16.5. The minimum absolute atomic E-state index is 0.105. The van der Waals surface area contributed by atoms with E-state index in [1.165, 1.54) is 0 Å². The van der Waals surface area contributed by atoms with E-state index < -0.39 is 0 Å². The van der Waals surface area contributed by atoms with Crippen LogP contribution in [0.3, 0.4) is 0 Å². The van der Waals surface area contributed by atoms with E-state index in [0.717, 1.165) is 44.9 Å². The van der Waals surface area contributed by atoms with E-state index >= 15 is 0 Å². The summed E-state index contributed by atoms with van der Waals surface area (Å²) in [5.74, 6) is 1.45. The van der Waals surface area contributed by atoms with Crippen LogP contribution in [0.2, 0.25) is 0 Å². The number of para-hydroxylation sites is 2. The van der Waals surface area contributed by atoms with Crippen LogP contribution in [0, 0.1) is 0 Å². The standard InChI is InChI=1S/C28H25N3O3/c1-30-26(20-13-16-22(33-3)17-14-20)27(31(2)28(30)32)23-9-5-7-11-25(23)34-18-21-15-12-19-8-4-6-10-24(19)29-21/h4-17H,18H2,1-3H3. The average Bonchev–Trinajstić information content (AvgIpc) is 3.11. The SMILES string of the molecule is COc1ccc(-c2c(-c3ccccc3OCc3ccc4ccccc4n3)n(C)c(=O)n2C)cc1. The van der Waals surface area contributed by atoms with Gasteiger partial charge in [-0.15, -0.1) is 0 Å². The number of hydrogen-bond acceptors (Lipinski definition) is 4. The molecule has 0 saturated heterocycles. The lowest BCUT2D eigenvalue weighted by Crippen LogP contribution is -2.20. The van der Waals surface area contributed by atoms with Gasteiger partial charge in [0.25, 0.3) is 0 Å². The molecule has 0 radical (unpaired) electrons. The van der Waals surface area contributed by atoms with Gasteiger partial charge in [-0.2, -0.15) is 0 Å². The van der Waals surface area contributed by atoms with Gasteiger partial charge in [-0.1, -0.05) is 36.4 Å². The maximum atomic E-state index is 12.9. The van der Waals surface area contributed by atoms with E-state index in [1.54, 1.807) is 30.3 Å². The van der Waals surface area contributed by atoms with Crippen LogP contribution >= 0.6 is 0 Å². The quantitative estimate of drug-likeness (QED) is 0.356. The topological polar surface area (TPSA) is 58.3 Å². The summed E-state index contributed by atoms with van der Waals surface area (Å²) in [7, 11) is 5.21. The Hall–Kier alpha value is -4.32. The molecule has 2 aromatic heterocycles. The van der Waals surface area contributed by atoms with Crippen molar-refractivity contribution in [3.05, 3.63) is 101 Å². The molecule has 3 aromatic carbocycles.